The predicted molar refractivity (Wildman–Crippen MR) is 55.6 cm³/mol. The molecule has 0 saturated heterocycles. The SMILES string of the molecule is NCC(=S)NC(=O)c1ccccc1. The third-order valence-corrected chi connectivity index (χ3v) is 1.74. The molecule has 4 heteroatoms. The average Bonchev–Trinajstić information content (AvgIpc) is 2.19. The summed E-state index contributed by atoms with van der Waals surface area (Å²) < 4.78 is 0. The van der Waals surface area contributed by atoms with Crippen LogP contribution in [0.5, 0.6) is 0 Å². The molecule has 0 unspecified atom stereocenters. The fourth-order valence-corrected chi connectivity index (χ4v) is 0.932. The van der Waals surface area contributed by atoms with Gasteiger partial charge in [0, 0.05) is 12.1 Å². The summed E-state index contributed by atoms with van der Waals surface area (Å²) in [4.78, 5) is 11.7. The van der Waals surface area contributed by atoms with E-state index < -0.39 is 0 Å². The van der Waals surface area contributed by atoms with E-state index in [0.717, 1.165) is 0 Å². The maximum atomic E-state index is 11.4. The van der Waals surface area contributed by atoms with Gasteiger partial charge in [0.2, 0.25) is 0 Å². The van der Waals surface area contributed by atoms with E-state index in [2.05, 4.69) is 5.32 Å². The minimum Gasteiger partial charge on any atom is -0.325 e. The number of rotatable bonds is 2. The number of carbonyl (C=O) groups excluding carboxylic acids is 1. The first kappa shape index (κ1) is 9.83. The molecule has 0 heterocycles. The molecule has 1 aromatic carbocycles. The van der Waals surface area contributed by atoms with Crippen LogP contribution in [0.25, 0.3) is 0 Å². The zero-order chi connectivity index (χ0) is 9.68. The molecule has 0 radical (unpaired) electrons. The van der Waals surface area contributed by atoms with E-state index in [1.54, 1.807) is 24.3 Å². The van der Waals surface area contributed by atoms with E-state index in [1.807, 2.05) is 6.07 Å². The Hall–Kier alpha value is -1.26. The lowest BCUT2D eigenvalue weighted by molar-refractivity contribution is 0.0977. The number of hydrogen-bond acceptors (Lipinski definition) is 3. The monoisotopic (exact) mass is 194 g/mol. The summed E-state index contributed by atoms with van der Waals surface area (Å²) in [6.07, 6.45) is 0. The van der Waals surface area contributed by atoms with Gasteiger partial charge in [0.1, 0.15) is 0 Å². The molecular weight excluding hydrogens is 184 g/mol. The smallest absolute Gasteiger partial charge is 0.256 e. The summed E-state index contributed by atoms with van der Waals surface area (Å²) in [7, 11) is 0. The summed E-state index contributed by atoms with van der Waals surface area (Å²) in [5.41, 5.74) is 5.82. The summed E-state index contributed by atoms with van der Waals surface area (Å²) in [6.45, 7) is 0.188. The van der Waals surface area contributed by atoms with Crippen molar-refractivity contribution in [2.75, 3.05) is 6.54 Å². The molecule has 0 fully saturated rings. The zero-order valence-corrected chi connectivity index (χ0v) is 7.80. The van der Waals surface area contributed by atoms with Crippen LogP contribution in [0.2, 0.25) is 0 Å². The Labute approximate surface area is 81.9 Å². The molecule has 0 aromatic heterocycles. The lowest BCUT2D eigenvalue weighted by atomic mass is 10.2. The molecule has 1 rings (SSSR count). The number of benzene rings is 1. The highest BCUT2D eigenvalue weighted by molar-refractivity contribution is 7.80. The summed E-state index contributed by atoms with van der Waals surface area (Å²) in [5, 5.41) is 2.51. The first-order valence-corrected chi connectivity index (χ1v) is 4.24. The van der Waals surface area contributed by atoms with Crippen molar-refractivity contribution in [3.05, 3.63) is 35.9 Å². The third-order valence-electron chi connectivity index (χ3n) is 1.47. The normalized spacial score (nSPS) is 9.31. The van der Waals surface area contributed by atoms with Gasteiger partial charge in [0.25, 0.3) is 5.91 Å². The van der Waals surface area contributed by atoms with Crippen LogP contribution in [-0.4, -0.2) is 17.4 Å². The summed E-state index contributed by atoms with van der Waals surface area (Å²) >= 11 is 4.77. The maximum absolute atomic E-state index is 11.4. The van der Waals surface area contributed by atoms with Crippen LogP contribution in [0.4, 0.5) is 0 Å². The lowest BCUT2D eigenvalue weighted by Crippen LogP contribution is -2.33. The second-order valence-electron chi connectivity index (χ2n) is 2.45. The quantitative estimate of drug-likeness (QED) is 0.681. The van der Waals surface area contributed by atoms with Crippen LogP contribution in [0.15, 0.2) is 30.3 Å². The van der Waals surface area contributed by atoms with E-state index in [0.29, 0.717) is 10.6 Å². The van der Waals surface area contributed by atoms with Gasteiger partial charge in [-0.2, -0.15) is 0 Å². The van der Waals surface area contributed by atoms with Crippen molar-refractivity contribution in [1.82, 2.24) is 5.32 Å². The molecule has 0 spiro atoms. The molecule has 68 valence electrons. The van der Waals surface area contributed by atoms with Crippen LogP contribution >= 0.6 is 12.2 Å². The molecule has 3 N–H and O–H groups in total. The summed E-state index contributed by atoms with van der Waals surface area (Å²) in [6, 6.07) is 8.86. The first-order chi connectivity index (χ1) is 6.24. The van der Waals surface area contributed by atoms with E-state index in [4.69, 9.17) is 18.0 Å². The van der Waals surface area contributed by atoms with E-state index in [-0.39, 0.29) is 12.5 Å². The predicted octanol–water partition coefficient (Wildman–Crippen LogP) is 0.703. The largest absolute Gasteiger partial charge is 0.325 e. The van der Waals surface area contributed by atoms with Gasteiger partial charge in [-0.05, 0) is 12.1 Å². The van der Waals surface area contributed by atoms with E-state index >= 15 is 0 Å². The van der Waals surface area contributed by atoms with Crippen molar-refractivity contribution >= 4 is 23.1 Å². The van der Waals surface area contributed by atoms with Crippen LogP contribution in [0.3, 0.4) is 0 Å². The highest BCUT2D eigenvalue weighted by Crippen LogP contribution is 1.97. The second-order valence-corrected chi connectivity index (χ2v) is 2.94. The van der Waals surface area contributed by atoms with E-state index in [1.165, 1.54) is 0 Å². The molecule has 0 atom stereocenters. The number of thiocarbonyl (C=S) groups is 1. The number of nitrogens with two attached hydrogens (primary N) is 1. The molecule has 1 amide bonds. The van der Waals surface area contributed by atoms with Crippen LogP contribution in [0, 0.1) is 0 Å². The standard InChI is InChI=1S/C9H10N2OS/c10-6-8(13)11-9(12)7-4-2-1-3-5-7/h1-5H,6,10H2,(H,11,12,13). The second kappa shape index (κ2) is 4.69. The molecule has 0 saturated carbocycles. The Kier molecular flexibility index (Phi) is 3.54. The third kappa shape index (κ3) is 2.93. The van der Waals surface area contributed by atoms with Crippen molar-refractivity contribution in [3.63, 3.8) is 0 Å². The van der Waals surface area contributed by atoms with Gasteiger partial charge < -0.3 is 11.1 Å². The fourth-order valence-electron chi connectivity index (χ4n) is 0.839. The van der Waals surface area contributed by atoms with Crippen molar-refractivity contribution in [2.24, 2.45) is 5.73 Å². The van der Waals surface area contributed by atoms with Gasteiger partial charge >= 0.3 is 0 Å². The Morgan fingerprint density at radius 3 is 2.54 bits per heavy atom. The molecule has 0 aliphatic heterocycles. The zero-order valence-electron chi connectivity index (χ0n) is 6.99. The van der Waals surface area contributed by atoms with Gasteiger partial charge in [-0.15, -0.1) is 0 Å². The van der Waals surface area contributed by atoms with Crippen LogP contribution in [-0.2, 0) is 0 Å². The number of carbonyl (C=O) groups is 1. The topological polar surface area (TPSA) is 55.1 Å². The van der Waals surface area contributed by atoms with Gasteiger partial charge in [-0.25, -0.2) is 0 Å². The number of hydrogen-bond donors (Lipinski definition) is 2. The maximum Gasteiger partial charge on any atom is 0.256 e. The first-order valence-electron chi connectivity index (χ1n) is 3.83. The van der Waals surface area contributed by atoms with Gasteiger partial charge in [0.15, 0.2) is 0 Å². The minimum absolute atomic E-state index is 0.188. The Bertz CT molecular complexity index is 311. The molecule has 1 aromatic rings. The highest BCUT2D eigenvalue weighted by atomic mass is 32.1. The molecule has 3 nitrogen and oxygen atoms in total. The van der Waals surface area contributed by atoms with Crippen molar-refractivity contribution in [3.8, 4) is 0 Å². The molecule has 0 aliphatic rings. The van der Waals surface area contributed by atoms with E-state index in [9.17, 15) is 4.79 Å². The Balaban J connectivity index is 2.65. The average molecular weight is 194 g/mol. The van der Waals surface area contributed by atoms with Crippen LogP contribution in [0.1, 0.15) is 10.4 Å². The Morgan fingerprint density at radius 2 is 2.00 bits per heavy atom. The number of amides is 1. The molecule has 0 bridgehead atoms. The van der Waals surface area contributed by atoms with Gasteiger partial charge in [-0.1, -0.05) is 30.4 Å². The highest BCUT2D eigenvalue weighted by Gasteiger charge is 2.04. The van der Waals surface area contributed by atoms with Gasteiger partial charge in [0.05, 0.1) is 4.99 Å². The van der Waals surface area contributed by atoms with Crippen molar-refractivity contribution in [2.45, 2.75) is 0 Å². The van der Waals surface area contributed by atoms with Crippen LogP contribution < -0.4 is 11.1 Å². The molecule has 13 heavy (non-hydrogen) atoms. The van der Waals surface area contributed by atoms with Crippen molar-refractivity contribution < 1.29 is 4.79 Å². The lowest BCUT2D eigenvalue weighted by Gasteiger charge is -2.03. The molecule has 0 aliphatic carbocycles. The van der Waals surface area contributed by atoms with Crippen molar-refractivity contribution in [1.29, 1.82) is 0 Å². The molecular formula is C9H10N2OS. The fraction of sp³-hybridized carbons (Fsp3) is 0.111. The van der Waals surface area contributed by atoms with Gasteiger partial charge in [-0.3, -0.25) is 4.79 Å². The minimum atomic E-state index is -0.212. The Morgan fingerprint density at radius 1 is 1.38 bits per heavy atom. The number of nitrogens with one attached hydrogen (secondary N) is 1. The summed E-state index contributed by atoms with van der Waals surface area (Å²) in [5.74, 6) is -0.212.